The van der Waals surface area contributed by atoms with Gasteiger partial charge in [-0.15, -0.1) is 0 Å². The highest BCUT2D eigenvalue weighted by molar-refractivity contribution is 6.93. The Balaban J connectivity index is 5.22. The molecule has 0 amide bonds. The van der Waals surface area contributed by atoms with Crippen molar-refractivity contribution in [2.24, 2.45) is 5.10 Å². The summed E-state index contributed by atoms with van der Waals surface area (Å²) in [5.41, 5.74) is 1.21. The van der Waals surface area contributed by atoms with Crippen LogP contribution in [0.1, 0.15) is 27.7 Å². The minimum Gasteiger partial charge on any atom is -0.385 e. The van der Waals surface area contributed by atoms with Crippen molar-refractivity contribution in [2.75, 3.05) is 0 Å². The van der Waals surface area contributed by atoms with E-state index in [1.165, 1.54) is 15.5 Å². The van der Waals surface area contributed by atoms with E-state index in [1.807, 2.05) is 0 Å². The average Bonchev–Trinajstić information content (AvgIpc) is 2.07. The molecule has 0 saturated heterocycles. The highest BCUT2D eigenvalue weighted by Crippen LogP contribution is 2.23. The van der Waals surface area contributed by atoms with E-state index < -0.39 is 30.5 Å². The average molecular weight is 315 g/mol. The topological polar surface area (TPSA) is 15.6 Å². The highest BCUT2D eigenvalue weighted by atomic mass is 28.3. The zero-order valence-electron chi connectivity index (χ0n) is 15.0. The minimum atomic E-state index is -1.01. The Labute approximate surface area is 128 Å². The third kappa shape index (κ3) is 9.89. The summed E-state index contributed by atoms with van der Waals surface area (Å²) in [6, 6.07) is 0.555. The minimum absolute atomic E-state index is 0.555. The molecule has 0 aliphatic rings. The molecule has 2 nitrogen and oxygen atoms in total. The van der Waals surface area contributed by atoms with Gasteiger partial charge in [-0.25, -0.2) is 5.10 Å². The molecule has 19 heavy (non-hydrogen) atoms. The Morgan fingerprint density at radius 1 is 0.947 bits per heavy atom. The molecule has 0 aromatic carbocycles. The standard InChI is InChI=1S/C6H13N2.2C4H11Si.Al/c1-5(2)7-8-6(3)4;2*1-5(2,3)4;/h5H,1-4H3;2*1H2,2-4H3;/q-1;;;+1. The first-order chi connectivity index (χ1) is 8.32. The van der Waals surface area contributed by atoms with Crippen LogP contribution in [-0.2, 0) is 0 Å². The molecule has 0 rings (SSSR count). The van der Waals surface area contributed by atoms with Crippen LogP contribution in [0.15, 0.2) is 5.10 Å². The molecule has 0 saturated carbocycles. The molecule has 0 bridgehead atoms. The van der Waals surface area contributed by atoms with E-state index >= 15 is 0 Å². The number of hydrazone groups is 1. The van der Waals surface area contributed by atoms with Crippen molar-refractivity contribution in [1.29, 1.82) is 0 Å². The van der Waals surface area contributed by atoms with Crippen LogP contribution in [-0.4, -0.2) is 46.3 Å². The maximum absolute atomic E-state index is 4.90. The van der Waals surface area contributed by atoms with Crippen LogP contribution in [0.5, 0.6) is 0 Å². The van der Waals surface area contributed by atoms with E-state index in [0.717, 1.165) is 0 Å². The monoisotopic (exact) mass is 314 g/mol. The van der Waals surface area contributed by atoms with Gasteiger partial charge in [-0.05, 0) is 27.7 Å². The van der Waals surface area contributed by atoms with Crippen molar-refractivity contribution >= 4 is 36.2 Å². The van der Waals surface area contributed by atoms with Gasteiger partial charge in [0.05, 0.1) is 0 Å². The molecule has 0 aromatic rings. The van der Waals surface area contributed by atoms with Crippen molar-refractivity contribution in [3.63, 3.8) is 0 Å². The van der Waals surface area contributed by atoms with Crippen LogP contribution in [0.4, 0.5) is 0 Å². The lowest BCUT2D eigenvalue weighted by Crippen LogP contribution is -2.48. The van der Waals surface area contributed by atoms with Crippen molar-refractivity contribution < 1.29 is 0 Å². The summed E-state index contributed by atoms with van der Waals surface area (Å²) < 4.78 is 2.53. The lowest BCUT2D eigenvalue weighted by Gasteiger charge is -2.36. The molecule has 0 spiro atoms. The molecule has 0 atom stereocenters. The van der Waals surface area contributed by atoms with E-state index in [4.69, 9.17) is 5.10 Å². The van der Waals surface area contributed by atoms with Gasteiger partial charge >= 0.3 is 14.4 Å². The molecular weight excluding hydrogens is 279 g/mol. The highest BCUT2D eigenvalue weighted by Gasteiger charge is 2.37. The van der Waals surface area contributed by atoms with Gasteiger partial charge in [0, 0.05) is 27.9 Å². The van der Waals surface area contributed by atoms with E-state index in [0.29, 0.717) is 6.04 Å². The molecule has 0 aliphatic heterocycles. The number of rotatable bonds is 7. The Kier molecular flexibility index (Phi) is 7.62. The lowest BCUT2D eigenvalue weighted by molar-refractivity contribution is 0.381. The van der Waals surface area contributed by atoms with E-state index in [9.17, 15) is 0 Å². The maximum Gasteiger partial charge on any atom is 0.431 e. The number of hydrogen-bond acceptors (Lipinski definition) is 2. The van der Waals surface area contributed by atoms with Crippen LogP contribution >= 0.6 is 0 Å². The Bertz CT molecular complexity index is 284. The summed E-state index contributed by atoms with van der Waals surface area (Å²) in [6.07, 6.45) is 0. The van der Waals surface area contributed by atoms with Crippen LogP contribution in [0, 0.1) is 0 Å². The van der Waals surface area contributed by atoms with Crippen LogP contribution < -0.4 is 0 Å². The van der Waals surface area contributed by atoms with Gasteiger partial charge in [-0.2, -0.15) is 0 Å². The molecule has 5 heteroatoms. The Morgan fingerprint density at radius 2 is 1.32 bits per heavy atom. The molecule has 0 N–H and O–H groups in total. The Morgan fingerprint density at radius 3 is 1.53 bits per heavy atom. The second kappa shape index (κ2) is 7.45. The van der Waals surface area contributed by atoms with Crippen molar-refractivity contribution in [3.8, 4) is 0 Å². The molecule has 0 radical (unpaired) electrons. The second-order valence-corrected chi connectivity index (χ2v) is 24.0. The van der Waals surface area contributed by atoms with Crippen molar-refractivity contribution in [2.45, 2.75) is 82.8 Å². The predicted molar refractivity (Wildman–Crippen MR) is 97.8 cm³/mol. The molecule has 112 valence electrons. The molecular formula is C14H35AlN2Si2. The molecule has 0 aliphatic carbocycles. The van der Waals surface area contributed by atoms with Crippen molar-refractivity contribution in [1.82, 2.24) is 3.99 Å². The van der Waals surface area contributed by atoms with Gasteiger partial charge in [0.15, 0.2) is 0 Å². The smallest absolute Gasteiger partial charge is 0.385 e. The second-order valence-electron chi connectivity index (χ2n) is 8.70. The van der Waals surface area contributed by atoms with Gasteiger partial charge in [-0.1, -0.05) is 49.1 Å². The lowest BCUT2D eigenvalue weighted by atomic mass is 10.4. The van der Waals surface area contributed by atoms with Crippen LogP contribution in [0.25, 0.3) is 0 Å². The largest absolute Gasteiger partial charge is 0.431 e. The van der Waals surface area contributed by atoms with Crippen LogP contribution in [0.2, 0.25) is 49.1 Å². The van der Waals surface area contributed by atoms with Gasteiger partial charge in [0.25, 0.3) is 0 Å². The quantitative estimate of drug-likeness (QED) is 0.373. The number of hydrogen-bond donors (Lipinski definition) is 0. The number of nitrogens with zero attached hydrogens (tertiary/aromatic N) is 2. The predicted octanol–water partition coefficient (Wildman–Crippen LogP) is 4.84. The van der Waals surface area contributed by atoms with Crippen LogP contribution in [0.3, 0.4) is 0 Å². The fourth-order valence-corrected chi connectivity index (χ4v) is 18.4. The Hall–Kier alpha value is 0.436. The van der Waals surface area contributed by atoms with E-state index in [1.54, 1.807) is 0 Å². The first-order valence-electron chi connectivity index (χ1n) is 7.62. The zero-order valence-corrected chi connectivity index (χ0v) is 18.1. The molecule has 0 unspecified atom stereocenters. The molecule has 0 fully saturated rings. The summed E-state index contributed by atoms with van der Waals surface area (Å²) >= 11 is -0.943. The van der Waals surface area contributed by atoms with Gasteiger partial charge in [0.1, 0.15) is 0 Å². The third-order valence-corrected chi connectivity index (χ3v) is 17.9. The molecule has 0 heterocycles. The zero-order chi connectivity index (χ0) is 15.4. The molecule has 0 aromatic heterocycles. The summed E-state index contributed by atoms with van der Waals surface area (Å²) in [7, 11) is -2.01. The summed E-state index contributed by atoms with van der Waals surface area (Å²) in [4.78, 5) is 2.98. The van der Waals surface area contributed by atoms with E-state index in [-0.39, 0.29) is 0 Å². The fraction of sp³-hybridized carbons (Fsp3) is 0.929. The normalized spacial score (nSPS) is 12.6. The fourth-order valence-electron chi connectivity index (χ4n) is 2.52. The maximum atomic E-state index is 4.90. The van der Waals surface area contributed by atoms with Crippen molar-refractivity contribution in [3.05, 3.63) is 0 Å². The third-order valence-electron chi connectivity index (χ3n) is 2.91. The first kappa shape index (κ1) is 19.4. The van der Waals surface area contributed by atoms with Gasteiger partial charge < -0.3 is 3.99 Å². The summed E-state index contributed by atoms with van der Waals surface area (Å²) in [6.45, 7) is 23.9. The SMILES string of the molecule is CC(C)=N[N](C(C)C)[Al]([CH2][Si](C)(C)C)[CH2][Si](C)(C)C. The summed E-state index contributed by atoms with van der Waals surface area (Å²) in [5, 5.41) is 4.90. The van der Waals surface area contributed by atoms with Gasteiger partial charge in [-0.3, -0.25) is 0 Å². The van der Waals surface area contributed by atoms with E-state index in [2.05, 4.69) is 71.0 Å². The summed E-state index contributed by atoms with van der Waals surface area (Å²) in [5.74, 6) is 0. The first-order valence-corrected chi connectivity index (χ1v) is 17.2. The van der Waals surface area contributed by atoms with Gasteiger partial charge in [0.2, 0.25) is 0 Å².